The highest BCUT2D eigenvalue weighted by atomic mass is 16.6. The topological polar surface area (TPSA) is 98.3 Å². The highest BCUT2D eigenvalue weighted by Gasteiger charge is 2.24. The van der Waals surface area contributed by atoms with E-state index in [1.54, 1.807) is 11.9 Å². The molecule has 9 heteroatoms. The number of rotatable bonds is 8. The quantitative estimate of drug-likeness (QED) is 0.423. The van der Waals surface area contributed by atoms with Crippen LogP contribution >= 0.6 is 0 Å². The molecule has 2 rings (SSSR count). The number of ether oxygens (including phenoxy) is 1. The lowest BCUT2D eigenvalue weighted by Gasteiger charge is -2.32. The van der Waals surface area contributed by atoms with Gasteiger partial charge in [-0.1, -0.05) is 12.1 Å². The number of amides is 2. The van der Waals surface area contributed by atoms with Crippen LogP contribution < -0.4 is 16.0 Å². The monoisotopic (exact) mass is 432 g/mol. The minimum absolute atomic E-state index is 0.0698. The van der Waals surface area contributed by atoms with Gasteiger partial charge in [-0.3, -0.25) is 9.79 Å². The van der Waals surface area contributed by atoms with Crippen LogP contribution in [0.25, 0.3) is 0 Å². The molecular weight excluding hydrogens is 396 g/mol. The van der Waals surface area contributed by atoms with Crippen LogP contribution in [0.4, 0.5) is 4.79 Å². The standard InChI is InChI=1S/C22H36N6O3/c1-5-31-22(30)28-12-9-19(10-13-28)26-21(23-2)25-16-17-7-6-8-18(15-17)20(29)24-11-14-27(3)4/h6-8,15,19H,5,9-14,16H2,1-4H3,(H,24,29)(H2,23,25,26). The van der Waals surface area contributed by atoms with Gasteiger partial charge < -0.3 is 30.5 Å². The summed E-state index contributed by atoms with van der Waals surface area (Å²) >= 11 is 0. The second kappa shape index (κ2) is 12.8. The molecule has 0 radical (unpaired) electrons. The van der Waals surface area contributed by atoms with E-state index in [1.807, 2.05) is 50.2 Å². The van der Waals surface area contributed by atoms with Crippen LogP contribution in [0.5, 0.6) is 0 Å². The number of guanidine groups is 1. The number of nitrogens with one attached hydrogen (secondary N) is 3. The van der Waals surface area contributed by atoms with E-state index >= 15 is 0 Å². The van der Waals surface area contributed by atoms with Gasteiger partial charge in [0.25, 0.3) is 5.91 Å². The summed E-state index contributed by atoms with van der Waals surface area (Å²) < 4.78 is 5.06. The summed E-state index contributed by atoms with van der Waals surface area (Å²) in [4.78, 5) is 32.2. The van der Waals surface area contributed by atoms with Crippen molar-refractivity contribution in [2.75, 3.05) is 53.9 Å². The summed E-state index contributed by atoms with van der Waals surface area (Å²) in [6.45, 7) is 5.51. The lowest BCUT2D eigenvalue weighted by molar-refractivity contribution is 0.0947. The first-order valence-electron chi connectivity index (χ1n) is 10.8. The lowest BCUT2D eigenvalue weighted by Crippen LogP contribution is -2.49. The van der Waals surface area contributed by atoms with Gasteiger partial charge in [0.2, 0.25) is 0 Å². The average Bonchev–Trinajstić information content (AvgIpc) is 2.77. The van der Waals surface area contributed by atoms with Crippen molar-refractivity contribution in [1.82, 2.24) is 25.8 Å². The van der Waals surface area contributed by atoms with E-state index in [9.17, 15) is 9.59 Å². The Morgan fingerprint density at radius 1 is 1.23 bits per heavy atom. The number of benzene rings is 1. The van der Waals surface area contributed by atoms with E-state index < -0.39 is 0 Å². The number of nitrogens with zero attached hydrogens (tertiary/aromatic N) is 3. The van der Waals surface area contributed by atoms with E-state index in [0.29, 0.717) is 44.3 Å². The minimum Gasteiger partial charge on any atom is -0.450 e. The van der Waals surface area contributed by atoms with Crippen molar-refractivity contribution in [2.45, 2.75) is 32.4 Å². The summed E-state index contributed by atoms with van der Waals surface area (Å²) in [5.74, 6) is 0.634. The molecule has 1 saturated heterocycles. The summed E-state index contributed by atoms with van der Waals surface area (Å²) in [6, 6.07) is 7.82. The maximum absolute atomic E-state index is 12.3. The number of likely N-dealkylation sites (tertiary alicyclic amines) is 1. The molecule has 0 saturated carbocycles. The SMILES string of the molecule is CCOC(=O)N1CCC(NC(=NC)NCc2cccc(C(=O)NCCN(C)C)c2)CC1. The predicted octanol–water partition coefficient (Wildman–Crippen LogP) is 1.26. The van der Waals surface area contributed by atoms with E-state index in [2.05, 4.69) is 20.9 Å². The third-order valence-electron chi connectivity index (χ3n) is 5.08. The molecule has 0 aromatic heterocycles. The number of hydrogen-bond donors (Lipinski definition) is 3. The van der Waals surface area contributed by atoms with Gasteiger partial charge in [0.05, 0.1) is 6.61 Å². The van der Waals surface area contributed by atoms with Crippen LogP contribution in [0.2, 0.25) is 0 Å². The molecule has 1 aromatic rings. The van der Waals surface area contributed by atoms with Crippen LogP contribution in [-0.2, 0) is 11.3 Å². The van der Waals surface area contributed by atoms with Gasteiger partial charge in [-0.15, -0.1) is 0 Å². The number of piperidine rings is 1. The third kappa shape index (κ3) is 8.45. The summed E-state index contributed by atoms with van der Waals surface area (Å²) in [6.07, 6.45) is 1.43. The second-order valence-corrected chi connectivity index (χ2v) is 7.79. The molecular formula is C22H36N6O3. The molecule has 172 valence electrons. The first-order chi connectivity index (χ1) is 14.9. The van der Waals surface area contributed by atoms with E-state index in [0.717, 1.165) is 24.9 Å². The molecule has 2 amide bonds. The van der Waals surface area contributed by atoms with Crippen molar-refractivity contribution in [3.05, 3.63) is 35.4 Å². The van der Waals surface area contributed by atoms with Crippen LogP contribution in [0, 0.1) is 0 Å². The number of likely N-dealkylation sites (N-methyl/N-ethyl adjacent to an activating group) is 1. The Morgan fingerprint density at radius 2 is 1.97 bits per heavy atom. The Balaban J connectivity index is 1.80. The van der Waals surface area contributed by atoms with Gasteiger partial charge in [-0.25, -0.2) is 4.79 Å². The normalized spacial score (nSPS) is 15.0. The number of aliphatic imine (C=N–C) groups is 1. The molecule has 0 bridgehead atoms. The fourth-order valence-corrected chi connectivity index (χ4v) is 3.31. The molecule has 1 fully saturated rings. The number of hydrogen-bond acceptors (Lipinski definition) is 5. The summed E-state index contributed by atoms with van der Waals surface area (Å²) in [5.41, 5.74) is 1.65. The van der Waals surface area contributed by atoms with Gasteiger partial charge in [-0.05, 0) is 51.6 Å². The van der Waals surface area contributed by atoms with Crippen molar-refractivity contribution >= 4 is 18.0 Å². The maximum atomic E-state index is 12.3. The Kier molecular flexibility index (Phi) is 10.1. The molecule has 1 aromatic carbocycles. The molecule has 1 aliphatic heterocycles. The van der Waals surface area contributed by atoms with Crippen molar-refractivity contribution in [3.63, 3.8) is 0 Å². The Hall–Kier alpha value is -2.81. The van der Waals surface area contributed by atoms with E-state index in [1.165, 1.54) is 0 Å². The van der Waals surface area contributed by atoms with Crippen molar-refractivity contribution in [1.29, 1.82) is 0 Å². The van der Waals surface area contributed by atoms with Gasteiger partial charge in [-0.2, -0.15) is 0 Å². The molecule has 1 heterocycles. The molecule has 31 heavy (non-hydrogen) atoms. The largest absolute Gasteiger partial charge is 0.450 e. The van der Waals surface area contributed by atoms with Crippen molar-refractivity contribution < 1.29 is 14.3 Å². The molecule has 1 aliphatic rings. The van der Waals surface area contributed by atoms with Crippen LogP contribution in [0.1, 0.15) is 35.7 Å². The first kappa shape index (κ1) is 24.5. The minimum atomic E-state index is -0.242. The van der Waals surface area contributed by atoms with Crippen LogP contribution in [-0.4, -0.2) is 87.7 Å². The van der Waals surface area contributed by atoms with Gasteiger partial charge in [0.15, 0.2) is 5.96 Å². The zero-order valence-corrected chi connectivity index (χ0v) is 19.1. The number of carbonyl (C=O) groups is 2. The highest BCUT2D eigenvalue weighted by molar-refractivity contribution is 5.94. The van der Waals surface area contributed by atoms with Gasteiger partial charge in [0, 0.05) is 51.4 Å². The average molecular weight is 433 g/mol. The van der Waals surface area contributed by atoms with Crippen LogP contribution in [0.15, 0.2) is 29.3 Å². The Morgan fingerprint density at radius 3 is 2.61 bits per heavy atom. The zero-order chi connectivity index (χ0) is 22.6. The maximum Gasteiger partial charge on any atom is 0.409 e. The molecule has 0 atom stereocenters. The fourth-order valence-electron chi connectivity index (χ4n) is 3.31. The van der Waals surface area contributed by atoms with Crippen LogP contribution in [0.3, 0.4) is 0 Å². The molecule has 0 aliphatic carbocycles. The highest BCUT2D eigenvalue weighted by Crippen LogP contribution is 2.11. The van der Waals surface area contributed by atoms with Gasteiger partial charge >= 0.3 is 6.09 Å². The van der Waals surface area contributed by atoms with Crippen molar-refractivity contribution in [2.24, 2.45) is 4.99 Å². The Labute approximate surface area is 185 Å². The van der Waals surface area contributed by atoms with E-state index in [-0.39, 0.29) is 18.0 Å². The summed E-state index contributed by atoms with van der Waals surface area (Å²) in [7, 11) is 5.68. The smallest absolute Gasteiger partial charge is 0.409 e. The zero-order valence-electron chi connectivity index (χ0n) is 19.1. The molecule has 3 N–H and O–H groups in total. The van der Waals surface area contributed by atoms with E-state index in [4.69, 9.17) is 4.74 Å². The summed E-state index contributed by atoms with van der Waals surface area (Å²) in [5, 5.41) is 9.66. The fraction of sp³-hybridized carbons (Fsp3) is 0.591. The van der Waals surface area contributed by atoms with Crippen molar-refractivity contribution in [3.8, 4) is 0 Å². The number of carbonyl (C=O) groups excluding carboxylic acids is 2. The third-order valence-corrected chi connectivity index (χ3v) is 5.08. The second-order valence-electron chi connectivity index (χ2n) is 7.79. The first-order valence-corrected chi connectivity index (χ1v) is 10.8. The van der Waals surface area contributed by atoms with Gasteiger partial charge in [0.1, 0.15) is 0 Å². The molecule has 9 nitrogen and oxygen atoms in total. The predicted molar refractivity (Wildman–Crippen MR) is 122 cm³/mol. The lowest BCUT2D eigenvalue weighted by atomic mass is 10.1. The Bertz CT molecular complexity index is 745. The molecule has 0 unspecified atom stereocenters. The molecule has 0 spiro atoms.